The second kappa shape index (κ2) is 5.85. The van der Waals surface area contributed by atoms with Crippen molar-refractivity contribution in [1.29, 1.82) is 0 Å². The van der Waals surface area contributed by atoms with Gasteiger partial charge in [0.05, 0.1) is 0 Å². The predicted molar refractivity (Wildman–Crippen MR) is 71.2 cm³/mol. The average Bonchev–Trinajstić information content (AvgIpc) is 2.40. The number of terminal acetylenes is 1. The number of hydrogen-bond acceptors (Lipinski definition) is 2. The predicted octanol–water partition coefficient (Wildman–Crippen LogP) is 2.92. The molecule has 2 aromatic carbocycles. The minimum absolute atomic E-state index is 0.287. The Morgan fingerprint density at radius 2 is 1.89 bits per heavy atom. The van der Waals surface area contributed by atoms with E-state index in [0.29, 0.717) is 12.1 Å². The second-order valence-electron chi connectivity index (χ2n) is 3.79. The van der Waals surface area contributed by atoms with Crippen LogP contribution in [0, 0.1) is 18.2 Å². The first-order valence-electron chi connectivity index (χ1n) is 5.58. The van der Waals surface area contributed by atoms with Gasteiger partial charge in [-0.3, -0.25) is 0 Å². The zero-order chi connectivity index (χ0) is 12.8. The zero-order valence-electron chi connectivity index (χ0n) is 9.78. The van der Waals surface area contributed by atoms with Gasteiger partial charge in [-0.25, -0.2) is 9.82 Å². The third-order valence-electron chi connectivity index (χ3n) is 2.51. The highest BCUT2D eigenvalue weighted by atomic mass is 19.1. The van der Waals surface area contributed by atoms with Crippen LogP contribution in [-0.4, -0.2) is 0 Å². The minimum atomic E-state index is -0.287. The third kappa shape index (κ3) is 3.09. The van der Waals surface area contributed by atoms with Crippen molar-refractivity contribution in [2.45, 2.75) is 6.54 Å². The lowest BCUT2D eigenvalue weighted by Crippen LogP contribution is -2.21. The number of nitrogens with one attached hydrogen (secondary N) is 2. The molecule has 0 aromatic heterocycles. The number of anilines is 1. The van der Waals surface area contributed by atoms with Gasteiger partial charge in [-0.1, -0.05) is 24.1 Å². The maximum absolute atomic E-state index is 13.1. The SMILES string of the molecule is C#Cc1ccc(F)cc1CNNc1ccccc1. The van der Waals surface area contributed by atoms with Crippen molar-refractivity contribution < 1.29 is 4.39 Å². The molecule has 18 heavy (non-hydrogen) atoms. The van der Waals surface area contributed by atoms with Crippen molar-refractivity contribution in [2.24, 2.45) is 0 Å². The lowest BCUT2D eigenvalue weighted by atomic mass is 10.1. The van der Waals surface area contributed by atoms with Crippen LogP contribution in [0.2, 0.25) is 0 Å². The molecule has 0 aliphatic carbocycles. The molecule has 0 saturated heterocycles. The molecule has 0 heterocycles. The van der Waals surface area contributed by atoms with Gasteiger partial charge in [0, 0.05) is 17.8 Å². The van der Waals surface area contributed by atoms with E-state index in [4.69, 9.17) is 6.42 Å². The van der Waals surface area contributed by atoms with Crippen molar-refractivity contribution in [1.82, 2.24) is 5.43 Å². The molecule has 0 aliphatic rings. The van der Waals surface area contributed by atoms with Gasteiger partial charge in [0.2, 0.25) is 0 Å². The largest absolute Gasteiger partial charge is 0.321 e. The molecule has 0 aliphatic heterocycles. The topological polar surface area (TPSA) is 24.1 Å². The van der Waals surface area contributed by atoms with Crippen molar-refractivity contribution in [3.05, 3.63) is 65.5 Å². The Bertz CT molecular complexity index is 558. The Morgan fingerprint density at radius 3 is 2.61 bits per heavy atom. The van der Waals surface area contributed by atoms with E-state index >= 15 is 0 Å². The lowest BCUT2D eigenvalue weighted by Gasteiger charge is -2.09. The van der Waals surface area contributed by atoms with E-state index in [2.05, 4.69) is 16.8 Å². The highest BCUT2D eigenvalue weighted by Gasteiger charge is 2.01. The first-order valence-corrected chi connectivity index (χ1v) is 5.58. The van der Waals surface area contributed by atoms with E-state index in [1.807, 2.05) is 30.3 Å². The van der Waals surface area contributed by atoms with Crippen LogP contribution in [0.5, 0.6) is 0 Å². The van der Waals surface area contributed by atoms with E-state index < -0.39 is 0 Å². The van der Waals surface area contributed by atoms with E-state index in [1.165, 1.54) is 12.1 Å². The fourth-order valence-electron chi connectivity index (χ4n) is 1.61. The van der Waals surface area contributed by atoms with Crippen LogP contribution in [0.15, 0.2) is 48.5 Å². The minimum Gasteiger partial charge on any atom is -0.321 e. The normalized spacial score (nSPS) is 9.78. The van der Waals surface area contributed by atoms with Crippen molar-refractivity contribution in [3.8, 4) is 12.3 Å². The highest BCUT2D eigenvalue weighted by molar-refractivity contribution is 5.42. The van der Waals surface area contributed by atoms with Crippen LogP contribution < -0.4 is 10.9 Å². The number of hydrogen-bond donors (Lipinski definition) is 2. The van der Waals surface area contributed by atoms with Crippen LogP contribution in [0.1, 0.15) is 11.1 Å². The van der Waals surface area contributed by atoms with E-state index in [-0.39, 0.29) is 5.82 Å². The van der Waals surface area contributed by atoms with Crippen molar-refractivity contribution in [3.63, 3.8) is 0 Å². The summed E-state index contributed by atoms with van der Waals surface area (Å²) in [6.45, 7) is 0.451. The molecule has 0 amide bonds. The van der Waals surface area contributed by atoms with Gasteiger partial charge in [0.25, 0.3) is 0 Å². The number of rotatable bonds is 4. The summed E-state index contributed by atoms with van der Waals surface area (Å²) in [5.74, 6) is 2.25. The van der Waals surface area contributed by atoms with Gasteiger partial charge in [-0.05, 0) is 35.9 Å². The Hall–Kier alpha value is -2.31. The van der Waals surface area contributed by atoms with Crippen LogP contribution in [0.4, 0.5) is 10.1 Å². The highest BCUT2D eigenvalue weighted by Crippen LogP contribution is 2.10. The quantitative estimate of drug-likeness (QED) is 0.634. The number of benzene rings is 2. The summed E-state index contributed by atoms with van der Waals surface area (Å²) in [5.41, 5.74) is 8.42. The summed E-state index contributed by atoms with van der Waals surface area (Å²) in [6, 6.07) is 14.1. The molecule has 0 radical (unpaired) electrons. The first kappa shape index (κ1) is 12.2. The number of halogens is 1. The number of hydrazine groups is 1. The van der Waals surface area contributed by atoms with Gasteiger partial charge in [-0.2, -0.15) is 0 Å². The summed E-state index contributed by atoms with van der Waals surface area (Å²) in [4.78, 5) is 0. The second-order valence-corrected chi connectivity index (χ2v) is 3.79. The van der Waals surface area contributed by atoms with Gasteiger partial charge < -0.3 is 5.43 Å². The molecule has 0 saturated carbocycles. The van der Waals surface area contributed by atoms with Crippen molar-refractivity contribution in [2.75, 3.05) is 5.43 Å². The standard InChI is InChI=1S/C15H13FN2/c1-2-12-8-9-14(16)10-13(12)11-17-18-15-6-4-3-5-7-15/h1,3-10,17-18H,11H2. The molecular formula is C15H13FN2. The van der Waals surface area contributed by atoms with E-state index in [0.717, 1.165) is 11.3 Å². The molecule has 0 unspecified atom stereocenters. The summed E-state index contributed by atoms with van der Waals surface area (Å²) in [7, 11) is 0. The van der Waals surface area contributed by atoms with Crippen LogP contribution in [0.3, 0.4) is 0 Å². The zero-order valence-corrected chi connectivity index (χ0v) is 9.78. The average molecular weight is 240 g/mol. The fraction of sp³-hybridized carbons (Fsp3) is 0.0667. The van der Waals surface area contributed by atoms with Crippen LogP contribution in [-0.2, 0) is 6.54 Å². The Kier molecular flexibility index (Phi) is 3.95. The maximum atomic E-state index is 13.1. The van der Waals surface area contributed by atoms with Gasteiger partial charge in [0.1, 0.15) is 5.82 Å². The Morgan fingerprint density at radius 1 is 1.11 bits per heavy atom. The molecular weight excluding hydrogens is 227 g/mol. The first-order chi connectivity index (χ1) is 8.79. The molecule has 2 rings (SSSR count). The van der Waals surface area contributed by atoms with Crippen LogP contribution in [0.25, 0.3) is 0 Å². The molecule has 2 N–H and O–H groups in total. The lowest BCUT2D eigenvalue weighted by molar-refractivity contribution is 0.623. The molecule has 0 atom stereocenters. The molecule has 90 valence electrons. The molecule has 3 heteroatoms. The molecule has 2 aromatic rings. The Balaban J connectivity index is 1.98. The van der Waals surface area contributed by atoms with Crippen LogP contribution >= 0.6 is 0 Å². The molecule has 0 spiro atoms. The summed E-state index contributed by atoms with van der Waals surface area (Å²) in [6.07, 6.45) is 5.36. The smallest absolute Gasteiger partial charge is 0.123 e. The molecule has 2 nitrogen and oxygen atoms in total. The van der Waals surface area contributed by atoms with Gasteiger partial charge >= 0.3 is 0 Å². The van der Waals surface area contributed by atoms with Gasteiger partial charge in [-0.15, -0.1) is 6.42 Å². The van der Waals surface area contributed by atoms with E-state index in [1.54, 1.807) is 6.07 Å². The summed E-state index contributed by atoms with van der Waals surface area (Å²) in [5, 5.41) is 0. The molecule has 0 bridgehead atoms. The fourth-order valence-corrected chi connectivity index (χ4v) is 1.61. The monoisotopic (exact) mass is 240 g/mol. The summed E-state index contributed by atoms with van der Waals surface area (Å²) >= 11 is 0. The van der Waals surface area contributed by atoms with Crippen molar-refractivity contribution >= 4 is 5.69 Å². The third-order valence-corrected chi connectivity index (χ3v) is 2.51. The summed E-state index contributed by atoms with van der Waals surface area (Å²) < 4.78 is 13.1. The number of para-hydroxylation sites is 1. The van der Waals surface area contributed by atoms with Gasteiger partial charge in [0.15, 0.2) is 0 Å². The van der Waals surface area contributed by atoms with E-state index in [9.17, 15) is 4.39 Å². The molecule has 0 fully saturated rings. The maximum Gasteiger partial charge on any atom is 0.123 e. The Labute approximate surface area is 106 Å².